The van der Waals surface area contributed by atoms with Gasteiger partial charge in [-0.15, -0.1) is 0 Å². The number of hydrogen-bond donors (Lipinski definition) is 3. The summed E-state index contributed by atoms with van der Waals surface area (Å²) in [6.45, 7) is 3.24. The molecule has 0 fully saturated rings. The van der Waals surface area contributed by atoms with Crippen molar-refractivity contribution in [1.82, 2.24) is 0 Å². The first-order valence-electron chi connectivity index (χ1n) is 14.7. The fourth-order valence-electron chi connectivity index (χ4n) is 3.43. The van der Waals surface area contributed by atoms with Gasteiger partial charge in [0, 0.05) is 12.8 Å². The summed E-state index contributed by atoms with van der Waals surface area (Å²) in [5.74, 6) is -1.00. The summed E-state index contributed by atoms with van der Waals surface area (Å²) in [5.41, 5.74) is 0. The lowest BCUT2D eigenvalue weighted by Gasteiger charge is -2.18. The number of allylic oxidation sites excluding steroid dienone is 8. The number of esters is 2. The van der Waals surface area contributed by atoms with Crippen LogP contribution < -0.4 is 0 Å². The molecule has 0 heterocycles. The third-order valence-electron chi connectivity index (χ3n) is 5.63. The SMILES string of the molecule is CC/C=C\C(O)C/C=C/C=C\C/C=C\C/C=C\CCCC(=O)O[C@H](COC(=O)CCCCCCC)COP(=O)(O)O. The Morgan fingerprint density at radius 2 is 1.44 bits per heavy atom. The molecule has 0 aliphatic heterocycles. The Kier molecular flexibility index (Phi) is 25.1. The number of carbonyl (C=O) groups excluding carboxylic acids is 2. The van der Waals surface area contributed by atoms with E-state index in [1.54, 1.807) is 6.08 Å². The van der Waals surface area contributed by atoms with Gasteiger partial charge in [0.15, 0.2) is 6.10 Å². The Bertz CT molecular complexity index is 871. The second-order valence-electron chi connectivity index (χ2n) is 9.55. The molecule has 0 aliphatic rings. The average molecular weight is 599 g/mol. The number of hydrogen-bond acceptors (Lipinski definition) is 7. The molecule has 9 nitrogen and oxygen atoms in total. The Labute approximate surface area is 246 Å². The largest absolute Gasteiger partial charge is 0.469 e. The van der Waals surface area contributed by atoms with Gasteiger partial charge in [0.1, 0.15) is 6.61 Å². The van der Waals surface area contributed by atoms with Crippen molar-refractivity contribution in [3.63, 3.8) is 0 Å². The molecule has 0 radical (unpaired) electrons. The van der Waals surface area contributed by atoms with E-state index >= 15 is 0 Å². The molecule has 0 saturated carbocycles. The molecule has 0 aromatic rings. The van der Waals surface area contributed by atoms with E-state index in [1.807, 2.05) is 49.5 Å². The summed E-state index contributed by atoms with van der Waals surface area (Å²) >= 11 is 0. The Morgan fingerprint density at radius 1 is 0.780 bits per heavy atom. The van der Waals surface area contributed by atoms with Gasteiger partial charge in [-0.3, -0.25) is 14.1 Å². The topological polar surface area (TPSA) is 140 Å². The highest BCUT2D eigenvalue weighted by molar-refractivity contribution is 7.46. The van der Waals surface area contributed by atoms with Gasteiger partial charge >= 0.3 is 19.8 Å². The van der Waals surface area contributed by atoms with E-state index in [2.05, 4.69) is 23.6 Å². The highest BCUT2D eigenvalue weighted by atomic mass is 31.2. The summed E-state index contributed by atoms with van der Waals surface area (Å²) in [7, 11) is -4.76. The van der Waals surface area contributed by atoms with Gasteiger partial charge in [-0.1, -0.05) is 100 Å². The van der Waals surface area contributed by atoms with E-state index < -0.39 is 38.6 Å². The highest BCUT2D eigenvalue weighted by Gasteiger charge is 2.22. The molecular weight excluding hydrogens is 547 g/mol. The molecule has 1 unspecified atom stereocenters. The lowest BCUT2D eigenvalue weighted by Crippen LogP contribution is -2.29. The lowest BCUT2D eigenvalue weighted by atomic mass is 10.1. The van der Waals surface area contributed by atoms with E-state index in [-0.39, 0.29) is 19.4 Å². The first kappa shape index (κ1) is 38.7. The third-order valence-corrected chi connectivity index (χ3v) is 6.11. The number of phosphoric ester groups is 1. The third kappa shape index (κ3) is 29.0. The molecule has 0 spiro atoms. The van der Waals surface area contributed by atoms with Crippen LogP contribution in [0, 0.1) is 0 Å². The van der Waals surface area contributed by atoms with E-state index in [4.69, 9.17) is 19.3 Å². The minimum Gasteiger partial charge on any atom is -0.462 e. The smallest absolute Gasteiger partial charge is 0.462 e. The molecule has 0 amide bonds. The molecule has 0 rings (SSSR count). The van der Waals surface area contributed by atoms with Gasteiger partial charge in [0.05, 0.1) is 12.7 Å². The van der Waals surface area contributed by atoms with Crippen LogP contribution >= 0.6 is 7.82 Å². The van der Waals surface area contributed by atoms with Crippen LogP contribution in [0.25, 0.3) is 0 Å². The minimum absolute atomic E-state index is 0.113. The number of ether oxygens (including phenoxy) is 2. The molecule has 0 aliphatic carbocycles. The molecule has 0 aromatic carbocycles. The number of aliphatic hydroxyl groups is 1. The zero-order valence-corrected chi connectivity index (χ0v) is 25.7. The molecule has 2 atom stereocenters. The summed E-state index contributed by atoms with van der Waals surface area (Å²) in [4.78, 5) is 42.0. The standard InChI is InChI=1S/C31H51O9P/c1-3-5-7-16-20-24-30(33)38-26-29(27-39-41(35,36)37)40-31(34)25-21-18-15-13-11-9-8-10-12-14-17-19-23-28(32)22-6-4-2/h6,8-9,12-15,17,19,22,28-29,32H,3-5,7,10-11,16,18,20-21,23-27H2,1-2H3,(H2,35,36,37)/b9-8-,14-12-,15-13-,19-17+,22-6-/t28?,29-/m1/s1. The van der Waals surface area contributed by atoms with Crippen LogP contribution in [0.2, 0.25) is 0 Å². The molecule has 0 bridgehead atoms. The van der Waals surface area contributed by atoms with Crippen LogP contribution in [0.3, 0.4) is 0 Å². The van der Waals surface area contributed by atoms with Crippen molar-refractivity contribution in [1.29, 1.82) is 0 Å². The number of carbonyl (C=O) groups is 2. The number of unbranched alkanes of at least 4 members (excludes halogenated alkanes) is 5. The maximum Gasteiger partial charge on any atom is 0.469 e. The van der Waals surface area contributed by atoms with Gasteiger partial charge < -0.3 is 24.4 Å². The van der Waals surface area contributed by atoms with Gasteiger partial charge in [0.2, 0.25) is 0 Å². The monoisotopic (exact) mass is 598 g/mol. The normalized spacial score (nSPS) is 14.2. The van der Waals surface area contributed by atoms with E-state index in [0.717, 1.165) is 44.9 Å². The van der Waals surface area contributed by atoms with Crippen LogP contribution in [0.1, 0.15) is 97.3 Å². The van der Waals surface area contributed by atoms with Gasteiger partial charge in [-0.05, 0) is 44.9 Å². The summed E-state index contributed by atoms with van der Waals surface area (Å²) in [6.07, 6.45) is 27.7. The predicted molar refractivity (Wildman–Crippen MR) is 162 cm³/mol. The van der Waals surface area contributed by atoms with Crippen LogP contribution in [0.5, 0.6) is 0 Å². The van der Waals surface area contributed by atoms with Gasteiger partial charge in [-0.25, -0.2) is 4.57 Å². The first-order chi connectivity index (χ1) is 19.7. The number of phosphoric acid groups is 1. The highest BCUT2D eigenvalue weighted by Crippen LogP contribution is 2.35. The lowest BCUT2D eigenvalue weighted by molar-refractivity contribution is -0.161. The molecule has 10 heteroatoms. The summed E-state index contributed by atoms with van der Waals surface area (Å²) in [5, 5.41) is 9.69. The number of aliphatic hydroxyl groups excluding tert-OH is 1. The second-order valence-corrected chi connectivity index (χ2v) is 10.8. The van der Waals surface area contributed by atoms with Crippen molar-refractivity contribution < 1.29 is 43.0 Å². The quantitative estimate of drug-likeness (QED) is 0.0340. The fraction of sp³-hybridized carbons (Fsp3) is 0.613. The van der Waals surface area contributed by atoms with Crippen LogP contribution in [-0.4, -0.2) is 52.3 Å². The zero-order valence-electron chi connectivity index (χ0n) is 24.8. The van der Waals surface area contributed by atoms with Crippen molar-refractivity contribution in [2.75, 3.05) is 13.2 Å². The Hall–Kier alpha value is -2.29. The molecule has 3 N–H and O–H groups in total. The number of rotatable bonds is 25. The van der Waals surface area contributed by atoms with Crippen LogP contribution in [-0.2, 0) is 28.2 Å². The van der Waals surface area contributed by atoms with Crippen molar-refractivity contribution in [3.8, 4) is 0 Å². The molecule has 0 aromatic heterocycles. The first-order valence-corrected chi connectivity index (χ1v) is 16.2. The Morgan fingerprint density at radius 3 is 2.15 bits per heavy atom. The molecule has 0 saturated heterocycles. The minimum atomic E-state index is -4.76. The summed E-state index contributed by atoms with van der Waals surface area (Å²) in [6, 6.07) is 0. The van der Waals surface area contributed by atoms with Crippen molar-refractivity contribution >= 4 is 19.8 Å². The predicted octanol–water partition coefficient (Wildman–Crippen LogP) is 6.80. The maximum atomic E-state index is 12.2. The maximum absolute atomic E-state index is 12.2. The zero-order chi connectivity index (χ0) is 30.6. The van der Waals surface area contributed by atoms with Crippen LogP contribution in [0.15, 0.2) is 60.8 Å². The molecule has 41 heavy (non-hydrogen) atoms. The Balaban J connectivity index is 4.20. The molecular formula is C31H51O9P. The average Bonchev–Trinajstić information content (AvgIpc) is 2.92. The van der Waals surface area contributed by atoms with E-state index in [9.17, 15) is 19.3 Å². The van der Waals surface area contributed by atoms with Crippen LogP contribution in [0.4, 0.5) is 0 Å². The van der Waals surface area contributed by atoms with Gasteiger partial charge in [-0.2, -0.15) is 0 Å². The van der Waals surface area contributed by atoms with Gasteiger partial charge in [0.25, 0.3) is 0 Å². The van der Waals surface area contributed by atoms with E-state index in [1.165, 1.54) is 0 Å². The van der Waals surface area contributed by atoms with E-state index in [0.29, 0.717) is 25.7 Å². The molecule has 234 valence electrons. The summed E-state index contributed by atoms with van der Waals surface area (Å²) < 4.78 is 25.9. The van der Waals surface area contributed by atoms with Crippen molar-refractivity contribution in [2.45, 2.75) is 110 Å². The fourth-order valence-corrected chi connectivity index (χ4v) is 3.79. The van der Waals surface area contributed by atoms with Crippen molar-refractivity contribution in [2.24, 2.45) is 0 Å². The second kappa shape index (κ2) is 26.6. The van der Waals surface area contributed by atoms with Crippen molar-refractivity contribution in [3.05, 3.63) is 60.8 Å².